The monoisotopic (exact) mass is 418 g/mol. The van der Waals surface area contributed by atoms with Crippen LogP contribution in [-0.2, 0) is 16.1 Å². The molecule has 0 bridgehead atoms. The second-order valence-corrected chi connectivity index (χ2v) is 6.75. The van der Waals surface area contributed by atoms with Crippen LogP contribution in [0.1, 0.15) is 23.6 Å². The number of methoxy groups -OCH3 is 1. The number of hydrogen-bond acceptors (Lipinski definition) is 6. The number of nitrogens with zero attached hydrogens (tertiary/aromatic N) is 1. The molecule has 7 heteroatoms. The van der Waals surface area contributed by atoms with Crippen molar-refractivity contribution in [1.29, 1.82) is 5.26 Å². The standard InChI is InChI=1S/C24H22N2O5/c1-4-30-24(28)17(13-25)10-16-8-9-20(21(11-16)29-3)31-14-18-12-22(27)26-23-15(2)6-5-7-19(18)23/h5-12H,4,14H2,1-3H3,(H,26,27). The minimum absolute atomic E-state index is 0.108. The van der Waals surface area contributed by atoms with Gasteiger partial charge in [-0.05, 0) is 43.2 Å². The Hall–Kier alpha value is -4.05. The zero-order chi connectivity index (χ0) is 22.4. The van der Waals surface area contributed by atoms with Gasteiger partial charge < -0.3 is 19.2 Å². The van der Waals surface area contributed by atoms with E-state index in [0.717, 1.165) is 22.0 Å². The van der Waals surface area contributed by atoms with Crippen molar-refractivity contribution in [2.75, 3.05) is 13.7 Å². The molecule has 1 N–H and O–H groups in total. The Morgan fingerprint density at radius 1 is 1.19 bits per heavy atom. The van der Waals surface area contributed by atoms with Gasteiger partial charge in [0.25, 0.3) is 0 Å². The van der Waals surface area contributed by atoms with Crippen LogP contribution in [-0.4, -0.2) is 24.7 Å². The van der Waals surface area contributed by atoms with Crippen LogP contribution in [0.4, 0.5) is 0 Å². The lowest BCUT2D eigenvalue weighted by molar-refractivity contribution is -0.137. The molecule has 0 radical (unpaired) electrons. The summed E-state index contributed by atoms with van der Waals surface area (Å²) >= 11 is 0. The third-order valence-electron chi connectivity index (χ3n) is 4.67. The first-order valence-corrected chi connectivity index (χ1v) is 9.68. The highest BCUT2D eigenvalue weighted by molar-refractivity contribution is 5.98. The molecule has 2 aromatic carbocycles. The molecule has 0 amide bonds. The molecule has 3 rings (SSSR count). The van der Waals surface area contributed by atoms with E-state index in [0.29, 0.717) is 17.1 Å². The van der Waals surface area contributed by atoms with Gasteiger partial charge >= 0.3 is 5.97 Å². The highest BCUT2D eigenvalue weighted by Gasteiger charge is 2.12. The van der Waals surface area contributed by atoms with E-state index in [1.807, 2.05) is 31.2 Å². The van der Waals surface area contributed by atoms with Crippen LogP contribution in [0.3, 0.4) is 0 Å². The van der Waals surface area contributed by atoms with E-state index in [1.54, 1.807) is 25.1 Å². The van der Waals surface area contributed by atoms with E-state index in [-0.39, 0.29) is 24.3 Å². The molecule has 1 heterocycles. The molecule has 0 unspecified atom stereocenters. The van der Waals surface area contributed by atoms with Crippen LogP contribution in [0.25, 0.3) is 17.0 Å². The average Bonchev–Trinajstić information content (AvgIpc) is 2.76. The normalized spacial score (nSPS) is 11.1. The molecule has 0 aliphatic carbocycles. The van der Waals surface area contributed by atoms with E-state index in [4.69, 9.17) is 14.2 Å². The minimum atomic E-state index is -0.680. The number of carbonyl (C=O) groups excluding carboxylic acids is 1. The van der Waals surface area contributed by atoms with Gasteiger partial charge in [-0.1, -0.05) is 24.3 Å². The van der Waals surface area contributed by atoms with E-state index in [2.05, 4.69) is 4.98 Å². The maximum atomic E-state index is 12.1. The van der Waals surface area contributed by atoms with Crippen LogP contribution in [0.5, 0.6) is 11.5 Å². The Morgan fingerprint density at radius 2 is 2.00 bits per heavy atom. The molecule has 1 aromatic heterocycles. The topological polar surface area (TPSA) is 101 Å². The van der Waals surface area contributed by atoms with Crippen molar-refractivity contribution in [3.05, 3.63) is 75.1 Å². The number of carbonyl (C=O) groups is 1. The number of fused-ring (bicyclic) bond motifs is 1. The summed E-state index contributed by atoms with van der Waals surface area (Å²) < 4.78 is 16.2. The number of ether oxygens (including phenoxy) is 3. The molecular weight excluding hydrogens is 396 g/mol. The number of aryl methyl sites for hydroxylation is 1. The summed E-state index contributed by atoms with van der Waals surface area (Å²) in [6.07, 6.45) is 1.43. The van der Waals surface area contributed by atoms with Gasteiger partial charge in [0.05, 0.1) is 19.2 Å². The SMILES string of the molecule is CCOC(=O)C(C#N)=Cc1ccc(OCc2cc(=O)[nH]c3c(C)cccc23)c(OC)c1. The Kier molecular flexibility index (Phi) is 6.73. The molecule has 158 valence electrons. The Labute approximate surface area is 179 Å². The van der Waals surface area contributed by atoms with Crippen LogP contribution in [0.2, 0.25) is 0 Å². The number of aromatic nitrogens is 1. The number of para-hydroxylation sites is 1. The van der Waals surface area contributed by atoms with Crippen molar-refractivity contribution in [2.45, 2.75) is 20.5 Å². The number of nitrogens with one attached hydrogen (secondary N) is 1. The van der Waals surface area contributed by atoms with Gasteiger partial charge in [-0.15, -0.1) is 0 Å². The number of aromatic amines is 1. The Morgan fingerprint density at radius 3 is 2.71 bits per heavy atom. The average molecular weight is 418 g/mol. The van der Waals surface area contributed by atoms with Crippen molar-refractivity contribution in [3.63, 3.8) is 0 Å². The lowest BCUT2D eigenvalue weighted by Gasteiger charge is -2.13. The van der Waals surface area contributed by atoms with E-state index in [1.165, 1.54) is 19.3 Å². The number of hydrogen-bond donors (Lipinski definition) is 1. The minimum Gasteiger partial charge on any atom is -0.493 e. The second-order valence-electron chi connectivity index (χ2n) is 6.75. The summed E-state index contributed by atoms with van der Waals surface area (Å²) in [6.45, 7) is 3.96. The summed E-state index contributed by atoms with van der Waals surface area (Å²) in [7, 11) is 1.50. The fourth-order valence-electron chi connectivity index (χ4n) is 3.18. The predicted molar refractivity (Wildman–Crippen MR) is 117 cm³/mol. The number of H-pyrrole nitrogens is 1. The Bertz CT molecular complexity index is 1250. The highest BCUT2D eigenvalue weighted by Crippen LogP contribution is 2.30. The molecular formula is C24H22N2O5. The number of esters is 1. The highest BCUT2D eigenvalue weighted by atomic mass is 16.5. The number of pyridine rings is 1. The van der Waals surface area contributed by atoms with Gasteiger partial charge in [0, 0.05) is 17.0 Å². The van der Waals surface area contributed by atoms with Crippen LogP contribution in [0.15, 0.2) is 52.8 Å². The molecule has 0 saturated heterocycles. The first-order chi connectivity index (χ1) is 15.0. The van der Waals surface area contributed by atoms with Crippen molar-refractivity contribution in [2.24, 2.45) is 0 Å². The molecule has 0 aliphatic heterocycles. The first-order valence-electron chi connectivity index (χ1n) is 9.68. The lowest BCUT2D eigenvalue weighted by atomic mass is 10.1. The fraction of sp³-hybridized carbons (Fsp3) is 0.208. The molecule has 0 spiro atoms. The zero-order valence-electron chi connectivity index (χ0n) is 17.5. The smallest absolute Gasteiger partial charge is 0.348 e. The van der Waals surface area contributed by atoms with Crippen LogP contribution in [0, 0.1) is 18.3 Å². The second kappa shape index (κ2) is 9.63. The van der Waals surface area contributed by atoms with Gasteiger partial charge in [-0.25, -0.2) is 4.79 Å². The van der Waals surface area contributed by atoms with Gasteiger partial charge in [0.15, 0.2) is 11.5 Å². The molecule has 0 atom stereocenters. The van der Waals surface area contributed by atoms with Gasteiger partial charge in [0.1, 0.15) is 18.2 Å². The molecule has 0 saturated carbocycles. The van der Waals surface area contributed by atoms with E-state index in [9.17, 15) is 14.9 Å². The summed E-state index contributed by atoms with van der Waals surface area (Å²) in [5.41, 5.74) is 2.79. The molecule has 7 nitrogen and oxygen atoms in total. The van der Waals surface area contributed by atoms with Gasteiger partial charge in [-0.2, -0.15) is 5.26 Å². The van der Waals surface area contributed by atoms with E-state index >= 15 is 0 Å². The van der Waals surface area contributed by atoms with Gasteiger partial charge in [0.2, 0.25) is 5.56 Å². The predicted octanol–water partition coefficient (Wildman–Crippen LogP) is 3.89. The molecule has 0 fully saturated rings. The van der Waals surface area contributed by atoms with E-state index < -0.39 is 5.97 Å². The maximum absolute atomic E-state index is 12.1. The molecule has 31 heavy (non-hydrogen) atoms. The van der Waals surface area contributed by atoms with Crippen molar-refractivity contribution < 1.29 is 19.0 Å². The van der Waals surface area contributed by atoms with Crippen molar-refractivity contribution in [1.82, 2.24) is 4.98 Å². The maximum Gasteiger partial charge on any atom is 0.348 e. The van der Waals surface area contributed by atoms with Crippen LogP contribution < -0.4 is 15.0 Å². The third-order valence-corrected chi connectivity index (χ3v) is 4.67. The summed E-state index contributed by atoms with van der Waals surface area (Å²) in [4.78, 5) is 26.7. The molecule has 0 aliphatic rings. The largest absolute Gasteiger partial charge is 0.493 e. The first kappa shape index (κ1) is 21.7. The molecule has 3 aromatic rings. The lowest BCUT2D eigenvalue weighted by Crippen LogP contribution is -2.09. The number of benzene rings is 2. The quantitative estimate of drug-likeness (QED) is 0.355. The Balaban J connectivity index is 1.88. The summed E-state index contributed by atoms with van der Waals surface area (Å²) in [6, 6.07) is 14.2. The van der Waals surface area contributed by atoms with Crippen molar-refractivity contribution >= 4 is 22.9 Å². The van der Waals surface area contributed by atoms with Crippen molar-refractivity contribution in [3.8, 4) is 17.6 Å². The summed E-state index contributed by atoms with van der Waals surface area (Å²) in [5, 5.41) is 10.1. The third kappa shape index (κ3) is 4.93. The number of rotatable bonds is 7. The number of nitriles is 1. The fourth-order valence-corrected chi connectivity index (χ4v) is 3.18. The van der Waals surface area contributed by atoms with Gasteiger partial charge in [-0.3, -0.25) is 4.79 Å². The summed E-state index contributed by atoms with van der Waals surface area (Å²) in [5.74, 6) is 0.219. The zero-order valence-corrected chi connectivity index (χ0v) is 17.5. The van der Waals surface area contributed by atoms with Crippen LogP contribution >= 0.6 is 0 Å².